The topological polar surface area (TPSA) is 87.9 Å². The highest BCUT2D eigenvalue weighted by atomic mass is 32.2. The SMILES string of the molecule is CN(Cc1cn(-c2ccccc2)nc1-c1ccccc1)C(=O)CN(C)C1=NS(=O)(=O)c2ccccc21. The van der Waals surface area contributed by atoms with Gasteiger partial charge in [-0.3, -0.25) is 4.79 Å². The lowest BCUT2D eigenvalue weighted by atomic mass is 10.1. The normalized spacial score (nSPS) is 13.7. The Morgan fingerprint density at radius 1 is 0.889 bits per heavy atom. The van der Waals surface area contributed by atoms with Crippen LogP contribution in [0.4, 0.5) is 0 Å². The van der Waals surface area contributed by atoms with E-state index in [4.69, 9.17) is 5.10 Å². The van der Waals surface area contributed by atoms with Gasteiger partial charge in [-0.15, -0.1) is 4.40 Å². The molecule has 0 unspecified atom stereocenters. The average Bonchev–Trinajstić information content (AvgIpc) is 3.43. The van der Waals surface area contributed by atoms with Gasteiger partial charge in [0.15, 0.2) is 5.84 Å². The van der Waals surface area contributed by atoms with Gasteiger partial charge < -0.3 is 9.80 Å². The van der Waals surface area contributed by atoms with Crippen LogP contribution in [0.25, 0.3) is 16.9 Å². The maximum atomic E-state index is 13.2. The molecule has 1 amide bonds. The number of likely N-dealkylation sites (N-methyl/N-ethyl adjacent to an activating group) is 2. The standard InChI is InChI=1S/C27H25N5O3S/c1-30(25(33)19-31(2)27-23-15-9-10-16-24(23)36(34,35)29-27)17-21-18-32(22-13-7-4-8-14-22)28-26(21)20-11-5-3-6-12-20/h3-16,18H,17,19H2,1-2H3. The van der Waals surface area contributed by atoms with E-state index in [0.717, 1.165) is 22.5 Å². The Balaban J connectivity index is 1.37. The van der Waals surface area contributed by atoms with Crippen molar-refractivity contribution < 1.29 is 13.2 Å². The van der Waals surface area contributed by atoms with E-state index < -0.39 is 10.0 Å². The minimum Gasteiger partial charge on any atom is -0.349 e. The Labute approximate surface area is 210 Å². The van der Waals surface area contributed by atoms with Crippen molar-refractivity contribution in [2.75, 3.05) is 20.6 Å². The second kappa shape index (κ2) is 9.43. The fourth-order valence-corrected chi connectivity index (χ4v) is 5.43. The van der Waals surface area contributed by atoms with E-state index in [0.29, 0.717) is 12.1 Å². The summed E-state index contributed by atoms with van der Waals surface area (Å²) in [7, 11) is -0.354. The van der Waals surface area contributed by atoms with Crippen LogP contribution in [0.15, 0.2) is 100 Å². The van der Waals surface area contributed by atoms with E-state index >= 15 is 0 Å². The number of hydrogen-bond acceptors (Lipinski definition) is 5. The number of hydrogen-bond donors (Lipinski definition) is 0. The highest BCUT2D eigenvalue weighted by Gasteiger charge is 2.31. The molecule has 182 valence electrons. The number of amides is 1. The Morgan fingerprint density at radius 3 is 2.25 bits per heavy atom. The number of carbonyl (C=O) groups excluding carboxylic acids is 1. The van der Waals surface area contributed by atoms with Crippen molar-refractivity contribution in [2.24, 2.45) is 4.40 Å². The van der Waals surface area contributed by atoms with Crippen molar-refractivity contribution in [1.29, 1.82) is 0 Å². The Morgan fingerprint density at radius 2 is 1.53 bits per heavy atom. The van der Waals surface area contributed by atoms with E-state index in [1.54, 1.807) is 42.1 Å². The van der Waals surface area contributed by atoms with Crippen molar-refractivity contribution in [2.45, 2.75) is 11.4 Å². The van der Waals surface area contributed by atoms with Gasteiger partial charge in [-0.05, 0) is 24.3 Å². The number of carbonyl (C=O) groups is 1. The summed E-state index contributed by atoms with van der Waals surface area (Å²) in [6.45, 7) is 0.317. The highest BCUT2D eigenvalue weighted by Crippen LogP contribution is 2.27. The van der Waals surface area contributed by atoms with Gasteiger partial charge >= 0.3 is 0 Å². The molecule has 0 saturated carbocycles. The monoisotopic (exact) mass is 499 g/mol. The van der Waals surface area contributed by atoms with Crippen LogP contribution in [-0.4, -0.2) is 60.4 Å². The molecule has 3 aromatic carbocycles. The third-order valence-electron chi connectivity index (χ3n) is 6.04. The van der Waals surface area contributed by atoms with Crippen LogP contribution in [0.1, 0.15) is 11.1 Å². The fraction of sp³-hybridized carbons (Fsp3) is 0.148. The van der Waals surface area contributed by atoms with E-state index in [1.165, 1.54) is 6.07 Å². The van der Waals surface area contributed by atoms with Crippen LogP contribution in [0, 0.1) is 0 Å². The van der Waals surface area contributed by atoms with Gasteiger partial charge in [0.05, 0.1) is 17.9 Å². The van der Waals surface area contributed by atoms with E-state index in [9.17, 15) is 13.2 Å². The second-order valence-corrected chi connectivity index (χ2v) is 10.2. The van der Waals surface area contributed by atoms with Gasteiger partial charge in [-0.1, -0.05) is 60.7 Å². The van der Waals surface area contributed by atoms with E-state index in [1.807, 2.05) is 71.5 Å². The molecular formula is C27H25N5O3S. The maximum Gasteiger partial charge on any atom is 0.285 e. The lowest BCUT2D eigenvalue weighted by Crippen LogP contribution is -2.39. The first-order valence-corrected chi connectivity index (χ1v) is 12.9. The first kappa shape index (κ1) is 23.5. The first-order chi connectivity index (χ1) is 17.3. The summed E-state index contributed by atoms with van der Waals surface area (Å²) in [5, 5.41) is 4.81. The zero-order chi connectivity index (χ0) is 25.3. The lowest BCUT2D eigenvalue weighted by molar-refractivity contribution is -0.130. The molecule has 0 radical (unpaired) electrons. The number of fused-ring (bicyclic) bond motifs is 1. The summed E-state index contributed by atoms with van der Waals surface area (Å²) in [4.78, 5) is 16.5. The quantitative estimate of drug-likeness (QED) is 0.405. The Bertz CT molecular complexity index is 1550. The van der Waals surface area contributed by atoms with Crippen molar-refractivity contribution in [3.63, 3.8) is 0 Å². The van der Waals surface area contributed by atoms with Gasteiger partial charge in [0.1, 0.15) is 4.90 Å². The molecule has 0 fully saturated rings. The van der Waals surface area contributed by atoms with Crippen LogP contribution in [-0.2, 0) is 21.4 Å². The van der Waals surface area contributed by atoms with E-state index in [-0.39, 0.29) is 23.2 Å². The number of rotatable bonds is 6. The molecule has 4 aromatic rings. The molecular weight excluding hydrogens is 474 g/mol. The largest absolute Gasteiger partial charge is 0.349 e. The first-order valence-electron chi connectivity index (χ1n) is 11.4. The molecule has 1 aromatic heterocycles. The predicted molar refractivity (Wildman–Crippen MR) is 138 cm³/mol. The molecule has 36 heavy (non-hydrogen) atoms. The van der Waals surface area contributed by atoms with Gasteiger partial charge in [0.2, 0.25) is 5.91 Å². The van der Waals surface area contributed by atoms with Crippen LogP contribution in [0.3, 0.4) is 0 Å². The van der Waals surface area contributed by atoms with Crippen LogP contribution >= 0.6 is 0 Å². The van der Waals surface area contributed by atoms with Crippen molar-refractivity contribution >= 4 is 21.8 Å². The number of para-hydroxylation sites is 1. The summed E-state index contributed by atoms with van der Waals surface area (Å²) >= 11 is 0. The molecule has 9 heteroatoms. The zero-order valence-corrected chi connectivity index (χ0v) is 20.8. The highest BCUT2D eigenvalue weighted by molar-refractivity contribution is 7.90. The molecule has 0 aliphatic carbocycles. The molecule has 0 saturated heterocycles. The summed E-state index contributed by atoms with van der Waals surface area (Å²) in [5.74, 6) is 0.0997. The summed E-state index contributed by atoms with van der Waals surface area (Å²) < 4.78 is 30.5. The fourth-order valence-electron chi connectivity index (χ4n) is 4.18. The van der Waals surface area contributed by atoms with Crippen LogP contribution in [0.2, 0.25) is 0 Å². The molecule has 0 atom stereocenters. The van der Waals surface area contributed by atoms with Crippen molar-refractivity contribution in [1.82, 2.24) is 19.6 Å². The number of sulfonamides is 1. The third-order valence-corrected chi connectivity index (χ3v) is 7.36. The molecule has 5 rings (SSSR count). The lowest BCUT2D eigenvalue weighted by Gasteiger charge is -2.23. The molecule has 0 spiro atoms. The Kier molecular flexibility index (Phi) is 6.15. The third kappa shape index (κ3) is 4.52. The zero-order valence-electron chi connectivity index (χ0n) is 19.9. The summed E-state index contributed by atoms with van der Waals surface area (Å²) in [5.41, 5.74) is 4.09. The van der Waals surface area contributed by atoms with Gasteiger partial charge in [0, 0.05) is 43.5 Å². The summed E-state index contributed by atoms with van der Waals surface area (Å²) in [6, 6.07) is 26.3. The molecule has 8 nitrogen and oxygen atoms in total. The molecule has 0 bridgehead atoms. The molecule has 1 aliphatic heterocycles. The molecule has 1 aliphatic rings. The number of aromatic nitrogens is 2. The predicted octanol–water partition coefficient (Wildman–Crippen LogP) is 3.58. The average molecular weight is 500 g/mol. The number of nitrogens with zero attached hydrogens (tertiary/aromatic N) is 5. The van der Waals surface area contributed by atoms with Gasteiger partial charge in [-0.25, -0.2) is 4.68 Å². The van der Waals surface area contributed by atoms with Crippen LogP contribution < -0.4 is 0 Å². The number of amidine groups is 1. The second-order valence-electron chi connectivity index (χ2n) is 8.64. The molecule has 2 heterocycles. The maximum absolute atomic E-state index is 13.2. The minimum atomic E-state index is -3.75. The van der Waals surface area contributed by atoms with Crippen LogP contribution in [0.5, 0.6) is 0 Å². The molecule has 0 N–H and O–H groups in total. The minimum absolute atomic E-state index is 0.0212. The van der Waals surface area contributed by atoms with E-state index in [2.05, 4.69) is 4.40 Å². The summed E-state index contributed by atoms with van der Waals surface area (Å²) in [6.07, 6.45) is 1.94. The van der Waals surface area contributed by atoms with Crippen molar-refractivity contribution in [3.05, 3.63) is 102 Å². The van der Waals surface area contributed by atoms with Gasteiger partial charge in [-0.2, -0.15) is 13.5 Å². The Hall–Kier alpha value is -4.24. The van der Waals surface area contributed by atoms with Crippen molar-refractivity contribution in [3.8, 4) is 16.9 Å². The number of benzene rings is 3. The van der Waals surface area contributed by atoms with Gasteiger partial charge in [0.25, 0.3) is 10.0 Å². The smallest absolute Gasteiger partial charge is 0.285 e.